The van der Waals surface area contributed by atoms with Crippen molar-refractivity contribution in [1.29, 1.82) is 0 Å². The molecule has 0 aromatic carbocycles. The molecule has 23 heavy (non-hydrogen) atoms. The molecule has 2 saturated heterocycles. The highest BCUT2D eigenvalue weighted by atomic mass is 16.7. The minimum absolute atomic E-state index is 0.191. The third kappa shape index (κ3) is 4.63. The first-order valence-electron chi connectivity index (χ1n) is 8.73. The minimum Gasteiger partial charge on any atom is -0.444 e. The van der Waals surface area contributed by atoms with Crippen molar-refractivity contribution in [3.8, 4) is 0 Å². The van der Waals surface area contributed by atoms with Crippen LogP contribution in [0, 0.1) is 5.92 Å². The molecule has 0 radical (unpaired) electrons. The topological polar surface area (TPSA) is 48.0 Å². The van der Waals surface area contributed by atoms with Crippen LogP contribution < -0.4 is 0 Å². The van der Waals surface area contributed by atoms with Crippen LogP contribution in [0.1, 0.15) is 61.3 Å². The largest absolute Gasteiger partial charge is 0.458 e. The van der Waals surface area contributed by atoms with Gasteiger partial charge in [0.15, 0.2) is 0 Å². The first-order chi connectivity index (χ1) is 10.4. The summed E-state index contributed by atoms with van der Waals surface area (Å²) in [6.45, 7) is 15.5. The van der Waals surface area contributed by atoms with Gasteiger partial charge in [-0.15, -0.1) is 0 Å². The van der Waals surface area contributed by atoms with Gasteiger partial charge in [0.05, 0.1) is 11.2 Å². The maximum atomic E-state index is 12.2. The van der Waals surface area contributed by atoms with Gasteiger partial charge in [0.1, 0.15) is 5.60 Å². The molecular formula is C17H32BNO4. The predicted octanol–water partition coefficient (Wildman–Crippen LogP) is 3.73. The molecule has 0 N–H and O–H groups in total. The molecule has 0 aromatic rings. The summed E-state index contributed by atoms with van der Waals surface area (Å²) >= 11 is 0. The third-order valence-corrected chi connectivity index (χ3v) is 5.00. The molecule has 0 saturated carbocycles. The van der Waals surface area contributed by atoms with Crippen LogP contribution in [0.5, 0.6) is 0 Å². The highest BCUT2D eigenvalue weighted by molar-refractivity contribution is 6.45. The van der Waals surface area contributed by atoms with Crippen molar-refractivity contribution in [3.05, 3.63) is 0 Å². The Hall–Kier alpha value is -0.745. The summed E-state index contributed by atoms with van der Waals surface area (Å²) in [5, 5.41) is 0. The molecule has 5 nitrogen and oxygen atoms in total. The number of carbonyl (C=O) groups is 1. The summed E-state index contributed by atoms with van der Waals surface area (Å²) in [5.41, 5.74) is -1.04. The van der Waals surface area contributed by atoms with Crippen LogP contribution in [0.15, 0.2) is 0 Å². The molecule has 1 atom stereocenters. The summed E-state index contributed by atoms with van der Waals surface area (Å²) < 4.78 is 17.7. The van der Waals surface area contributed by atoms with Crippen molar-refractivity contribution >= 4 is 13.2 Å². The average molecular weight is 325 g/mol. The van der Waals surface area contributed by atoms with E-state index >= 15 is 0 Å². The highest BCUT2D eigenvalue weighted by Gasteiger charge is 2.51. The van der Waals surface area contributed by atoms with Crippen LogP contribution in [-0.2, 0) is 14.0 Å². The predicted molar refractivity (Wildman–Crippen MR) is 91.4 cm³/mol. The Labute approximate surface area is 141 Å². The number of piperidine rings is 1. The van der Waals surface area contributed by atoms with Gasteiger partial charge >= 0.3 is 13.2 Å². The van der Waals surface area contributed by atoms with Crippen molar-refractivity contribution in [1.82, 2.24) is 4.90 Å². The first kappa shape index (κ1) is 18.6. The second-order valence-electron chi connectivity index (χ2n) is 8.86. The van der Waals surface area contributed by atoms with Crippen molar-refractivity contribution in [2.75, 3.05) is 13.1 Å². The zero-order valence-electron chi connectivity index (χ0n) is 15.8. The molecule has 2 aliphatic rings. The van der Waals surface area contributed by atoms with E-state index in [0.29, 0.717) is 5.92 Å². The Bertz CT molecular complexity index is 428. The molecule has 2 aliphatic heterocycles. The molecule has 0 bridgehead atoms. The van der Waals surface area contributed by atoms with Crippen molar-refractivity contribution in [3.63, 3.8) is 0 Å². The first-order valence-corrected chi connectivity index (χ1v) is 8.73. The normalized spacial score (nSPS) is 27.2. The van der Waals surface area contributed by atoms with Crippen LogP contribution in [-0.4, -0.2) is 48.0 Å². The number of rotatable bonds is 2. The molecule has 6 heteroatoms. The van der Waals surface area contributed by atoms with Crippen LogP contribution >= 0.6 is 0 Å². The number of amides is 1. The lowest BCUT2D eigenvalue weighted by molar-refractivity contribution is 0.00578. The van der Waals surface area contributed by atoms with Crippen LogP contribution in [0.4, 0.5) is 4.79 Å². The number of nitrogens with zero attached hydrogens (tertiary/aromatic N) is 1. The van der Waals surface area contributed by atoms with E-state index in [-0.39, 0.29) is 24.4 Å². The molecule has 2 heterocycles. The van der Waals surface area contributed by atoms with E-state index in [4.69, 9.17) is 14.0 Å². The quantitative estimate of drug-likeness (QED) is 0.726. The lowest BCUT2D eigenvalue weighted by Crippen LogP contribution is -2.43. The molecular weight excluding hydrogens is 293 g/mol. The fraction of sp³-hybridized carbons (Fsp3) is 0.941. The second-order valence-corrected chi connectivity index (χ2v) is 8.86. The van der Waals surface area contributed by atoms with Gasteiger partial charge in [0, 0.05) is 13.1 Å². The highest BCUT2D eigenvalue weighted by Crippen LogP contribution is 2.39. The van der Waals surface area contributed by atoms with Gasteiger partial charge in [0.25, 0.3) is 0 Å². The Morgan fingerprint density at radius 2 is 1.78 bits per heavy atom. The van der Waals surface area contributed by atoms with Gasteiger partial charge in [-0.05, 0) is 73.5 Å². The summed E-state index contributed by atoms with van der Waals surface area (Å²) in [4.78, 5) is 14.1. The number of carbonyl (C=O) groups excluding carboxylic acids is 1. The molecule has 1 unspecified atom stereocenters. The molecule has 0 aliphatic carbocycles. The molecule has 2 fully saturated rings. The van der Waals surface area contributed by atoms with Gasteiger partial charge in [-0.3, -0.25) is 0 Å². The van der Waals surface area contributed by atoms with E-state index in [2.05, 4.69) is 27.7 Å². The SMILES string of the molecule is CC(C)(C)OC(=O)N1CCCC(CB2OC(C)(C)C(C)(C)O2)C1. The summed E-state index contributed by atoms with van der Waals surface area (Å²) in [6.07, 6.45) is 2.72. The lowest BCUT2D eigenvalue weighted by Gasteiger charge is -2.34. The van der Waals surface area contributed by atoms with Crippen LogP contribution in [0.3, 0.4) is 0 Å². The average Bonchev–Trinajstić information content (AvgIpc) is 2.55. The fourth-order valence-electron chi connectivity index (χ4n) is 3.08. The van der Waals surface area contributed by atoms with Gasteiger partial charge in [-0.25, -0.2) is 4.79 Å². The number of ether oxygens (including phenoxy) is 1. The van der Waals surface area contributed by atoms with Gasteiger partial charge < -0.3 is 18.9 Å². The number of hydrogen-bond donors (Lipinski definition) is 0. The minimum atomic E-state index is -0.449. The Balaban J connectivity index is 1.89. The van der Waals surface area contributed by atoms with Gasteiger partial charge in [0.2, 0.25) is 0 Å². The van der Waals surface area contributed by atoms with Crippen molar-refractivity contribution in [2.45, 2.75) is 84.4 Å². The van der Waals surface area contributed by atoms with E-state index < -0.39 is 5.60 Å². The second kappa shape index (κ2) is 6.28. The van der Waals surface area contributed by atoms with Crippen LogP contribution in [0.25, 0.3) is 0 Å². The monoisotopic (exact) mass is 325 g/mol. The van der Waals surface area contributed by atoms with Gasteiger partial charge in [-0.1, -0.05) is 0 Å². The number of likely N-dealkylation sites (tertiary alicyclic amines) is 1. The summed E-state index contributed by atoms with van der Waals surface area (Å²) in [5.74, 6) is 0.394. The summed E-state index contributed by atoms with van der Waals surface area (Å²) in [7, 11) is -0.191. The molecule has 132 valence electrons. The Morgan fingerprint density at radius 3 is 2.30 bits per heavy atom. The van der Waals surface area contributed by atoms with E-state index in [1.165, 1.54) is 0 Å². The smallest absolute Gasteiger partial charge is 0.444 e. The molecule has 0 spiro atoms. The zero-order valence-corrected chi connectivity index (χ0v) is 15.8. The van der Waals surface area contributed by atoms with Crippen LogP contribution in [0.2, 0.25) is 6.32 Å². The number of hydrogen-bond acceptors (Lipinski definition) is 4. The van der Waals surface area contributed by atoms with Crippen molar-refractivity contribution < 1.29 is 18.8 Å². The lowest BCUT2D eigenvalue weighted by atomic mass is 9.74. The maximum Gasteiger partial charge on any atom is 0.458 e. The third-order valence-electron chi connectivity index (χ3n) is 5.00. The molecule has 1 amide bonds. The molecule has 0 aromatic heterocycles. The maximum absolute atomic E-state index is 12.2. The van der Waals surface area contributed by atoms with E-state index in [0.717, 1.165) is 32.3 Å². The molecule has 2 rings (SSSR count). The van der Waals surface area contributed by atoms with Gasteiger partial charge in [-0.2, -0.15) is 0 Å². The van der Waals surface area contributed by atoms with E-state index in [9.17, 15) is 4.79 Å². The fourth-order valence-corrected chi connectivity index (χ4v) is 3.08. The van der Waals surface area contributed by atoms with E-state index in [1.54, 1.807) is 0 Å². The summed E-state index contributed by atoms with van der Waals surface area (Å²) in [6, 6.07) is 0. The van der Waals surface area contributed by atoms with Crippen molar-refractivity contribution in [2.24, 2.45) is 5.92 Å². The Morgan fingerprint density at radius 1 is 1.22 bits per heavy atom. The van der Waals surface area contributed by atoms with E-state index in [1.807, 2.05) is 25.7 Å². The Kier molecular flexibility index (Phi) is 5.08. The zero-order chi connectivity index (χ0) is 17.5. The standard InChI is InChI=1S/C17H32BNO4/c1-15(2,3)21-14(20)19-10-8-9-13(12-19)11-18-22-16(4,5)17(6,7)23-18/h13H,8-12H2,1-7H3.